The van der Waals surface area contributed by atoms with Crippen LogP contribution in [0.15, 0.2) is 24.3 Å². The Morgan fingerprint density at radius 3 is 2.95 bits per heavy atom. The number of fused-ring (bicyclic) bond motifs is 1. The van der Waals surface area contributed by atoms with Gasteiger partial charge in [0.25, 0.3) is 5.91 Å². The fraction of sp³-hybridized carbons (Fsp3) is 0.286. The number of aromatic amines is 1. The van der Waals surface area contributed by atoms with Crippen molar-refractivity contribution in [3.63, 3.8) is 0 Å². The molecule has 1 unspecified atom stereocenters. The van der Waals surface area contributed by atoms with E-state index >= 15 is 0 Å². The monoisotopic (exact) mass is 292 g/mol. The number of aliphatic carboxylic acids is 1. The summed E-state index contributed by atoms with van der Waals surface area (Å²) >= 11 is 0. The molecule has 0 radical (unpaired) electrons. The fourth-order valence-electron chi connectivity index (χ4n) is 2.37. The number of amides is 1. The van der Waals surface area contributed by atoms with E-state index < -0.39 is 12.1 Å². The summed E-state index contributed by atoms with van der Waals surface area (Å²) in [5.41, 5.74) is 0.962. The maximum atomic E-state index is 13.2. The third-order valence-electron chi connectivity index (χ3n) is 3.44. The van der Waals surface area contributed by atoms with Gasteiger partial charge in [-0.2, -0.15) is 0 Å². The molecule has 1 aliphatic heterocycles. The second-order valence-electron chi connectivity index (χ2n) is 4.86. The number of H-pyrrole nitrogens is 1. The maximum absolute atomic E-state index is 13.2. The Labute approximate surface area is 119 Å². The number of carbonyl (C=O) groups is 2. The number of benzene rings is 1. The summed E-state index contributed by atoms with van der Waals surface area (Å²) in [6.45, 7) is 0.502. The number of halogens is 1. The van der Waals surface area contributed by atoms with Crippen LogP contribution in [0.1, 0.15) is 10.5 Å². The van der Waals surface area contributed by atoms with Gasteiger partial charge in [0.15, 0.2) is 6.10 Å². The highest BCUT2D eigenvalue weighted by Crippen LogP contribution is 2.18. The lowest BCUT2D eigenvalue weighted by Gasteiger charge is -2.30. The molecule has 0 bridgehead atoms. The molecule has 1 aromatic carbocycles. The van der Waals surface area contributed by atoms with E-state index in [1.807, 2.05) is 0 Å². The van der Waals surface area contributed by atoms with Gasteiger partial charge in [0.1, 0.15) is 11.5 Å². The van der Waals surface area contributed by atoms with Crippen molar-refractivity contribution in [1.82, 2.24) is 9.88 Å². The summed E-state index contributed by atoms with van der Waals surface area (Å²) in [4.78, 5) is 27.6. The topological polar surface area (TPSA) is 82.6 Å². The van der Waals surface area contributed by atoms with Gasteiger partial charge in [0.05, 0.1) is 13.2 Å². The normalized spacial score (nSPS) is 18.9. The van der Waals surface area contributed by atoms with E-state index in [0.717, 1.165) is 0 Å². The van der Waals surface area contributed by atoms with Crippen LogP contribution in [0.3, 0.4) is 0 Å². The van der Waals surface area contributed by atoms with Crippen LogP contribution in [0, 0.1) is 5.82 Å². The molecule has 0 saturated carbocycles. The van der Waals surface area contributed by atoms with Crippen molar-refractivity contribution in [1.29, 1.82) is 0 Å². The number of aromatic nitrogens is 1. The van der Waals surface area contributed by atoms with Crippen molar-refractivity contribution in [3.8, 4) is 0 Å². The Hall–Kier alpha value is -2.41. The second-order valence-corrected chi connectivity index (χ2v) is 4.86. The van der Waals surface area contributed by atoms with Gasteiger partial charge in [-0.3, -0.25) is 4.79 Å². The summed E-state index contributed by atoms with van der Waals surface area (Å²) < 4.78 is 18.2. The first-order chi connectivity index (χ1) is 10.0. The number of carboxylic acids is 1. The molecule has 6 nitrogen and oxygen atoms in total. The zero-order valence-electron chi connectivity index (χ0n) is 11.0. The molecule has 1 aromatic heterocycles. The average Bonchev–Trinajstić information content (AvgIpc) is 2.89. The zero-order valence-corrected chi connectivity index (χ0v) is 11.0. The lowest BCUT2D eigenvalue weighted by Crippen LogP contribution is -2.48. The van der Waals surface area contributed by atoms with Crippen LogP contribution in [-0.2, 0) is 9.53 Å². The molecular formula is C14H13FN2O4. The van der Waals surface area contributed by atoms with Gasteiger partial charge in [-0.1, -0.05) is 0 Å². The molecule has 2 heterocycles. The largest absolute Gasteiger partial charge is 0.479 e. The van der Waals surface area contributed by atoms with Gasteiger partial charge in [-0.15, -0.1) is 0 Å². The van der Waals surface area contributed by atoms with Crippen molar-refractivity contribution < 1.29 is 23.8 Å². The number of nitrogens with one attached hydrogen (secondary N) is 1. The summed E-state index contributed by atoms with van der Waals surface area (Å²) in [6, 6.07) is 5.76. The maximum Gasteiger partial charge on any atom is 0.334 e. The van der Waals surface area contributed by atoms with E-state index in [4.69, 9.17) is 9.84 Å². The molecule has 2 N–H and O–H groups in total. The van der Waals surface area contributed by atoms with E-state index in [1.165, 1.54) is 17.0 Å². The van der Waals surface area contributed by atoms with Crippen LogP contribution in [-0.4, -0.2) is 52.7 Å². The van der Waals surface area contributed by atoms with Gasteiger partial charge in [0, 0.05) is 17.4 Å². The van der Waals surface area contributed by atoms with Gasteiger partial charge in [0.2, 0.25) is 0 Å². The number of ether oxygens (including phenoxy) is 1. The van der Waals surface area contributed by atoms with E-state index in [1.54, 1.807) is 12.1 Å². The molecule has 7 heteroatoms. The Morgan fingerprint density at radius 1 is 1.38 bits per heavy atom. The van der Waals surface area contributed by atoms with Gasteiger partial charge >= 0.3 is 5.97 Å². The first-order valence-electron chi connectivity index (χ1n) is 6.46. The number of carbonyl (C=O) groups excluding carboxylic acids is 1. The van der Waals surface area contributed by atoms with E-state index in [9.17, 15) is 14.0 Å². The standard InChI is InChI=1S/C14H13FN2O4/c15-9-1-2-10-8(5-9)6-11(16-10)13(18)17-3-4-21-12(7-17)14(19)20/h1-2,5-6,12,16H,3-4,7H2,(H,19,20). The average molecular weight is 292 g/mol. The van der Waals surface area contributed by atoms with Crippen molar-refractivity contribution in [2.24, 2.45) is 0 Å². The number of morpholine rings is 1. The third-order valence-corrected chi connectivity index (χ3v) is 3.44. The lowest BCUT2D eigenvalue weighted by atomic mass is 10.2. The molecular weight excluding hydrogens is 279 g/mol. The summed E-state index contributed by atoms with van der Waals surface area (Å²) in [5, 5.41) is 9.54. The quantitative estimate of drug-likeness (QED) is 0.872. The first kappa shape index (κ1) is 13.6. The molecule has 3 rings (SSSR count). The Balaban J connectivity index is 1.84. The Morgan fingerprint density at radius 2 is 2.19 bits per heavy atom. The van der Waals surface area contributed by atoms with Crippen LogP contribution >= 0.6 is 0 Å². The minimum absolute atomic E-state index is 0.00209. The van der Waals surface area contributed by atoms with E-state index in [0.29, 0.717) is 23.1 Å². The van der Waals surface area contributed by atoms with Gasteiger partial charge in [-0.05, 0) is 24.3 Å². The minimum Gasteiger partial charge on any atom is -0.479 e. The van der Waals surface area contributed by atoms with Crippen molar-refractivity contribution >= 4 is 22.8 Å². The molecule has 0 spiro atoms. The molecule has 1 amide bonds. The smallest absolute Gasteiger partial charge is 0.334 e. The highest BCUT2D eigenvalue weighted by atomic mass is 19.1. The van der Waals surface area contributed by atoms with Crippen LogP contribution < -0.4 is 0 Å². The van der Waals surface area contributed by atoms with Crippen LogP contribution in [0.2, 0.25) is 0 Å². The van der Waals surface area contributed by atoms with Crippen molar-refractivity contribution in [2.75, 3.05) is 19.7 Å². The Kier molecular flexibility index (Phi) is 3.34. The molecule has 1 aliphatic rings. The predicted octanol–water partition coefficient (Wildman–Crippen LogP) is 1.23. The highest BCUT2D eigenvalue weighted by molar-refractivity contribution is 5.98. The van der Waals surface area contributed by atoms with Crippen LogP contribution in [0.5, 0.6) is 0 Å². The van der Waals surface area contributed by atoms with Crippen molar-refractivity contribution in [2.45, 2.75) is 6.10 Å². The van der Waals surface area contributed by atoms with Crippen LogP contribution in [0.4, 0.5) is 4.39 Å². The van der Waals surface area contributed by atoms with Gasteiger partial charge < -0.3 is 19.7 Å². The minimum atomic E-state index is -1.09. The Bertz CT molecular complexity index is 712. The molecule has 0 aliphatic carbocycles. The third kappa shape index (κ3) is 2.59. The molecule has 21 heavy (non-hydrogen) atoms. The first-order valence-corrected chi connectivity index (χ1v) is 6.46. The number of carboxylic acid groups (broad SMARTS) is 1. The summed E-state index contributed by atoms with van der Waals surface area (Å²) in [5.74, 6) is -1.79. The van der Waals surface area contributed by atoms with E-state index in [2.05, 4.69) is 4.98 Å². The highest BCUT2D eigenvalue weighted by Gasteiger charge is 2.30. The number of rotatable bonds is 2. The van der Waals surface area contributed by atoms with Crippen molar-refractivity contribution in [3.05, 3.63) is 35.8 Å². The second kappa shape index (κ2) is 5.17. The fourth-order valence-corrected chi connectivity index (χ4v) is 2.37. The number of hydrogen-bond donors (Lipinski definition) is 2. The van der Waals surface area contributed by atoms with Gasteiger partial charge in [-0.25, -0.2) is 9.18 Å². The molecule has 1 atom stereocenters. The molecule has 2 aromatic rings. The molecule has 1 fully saturated rings. The predicted molar refractivity (Wildman–Crippen MR) is 71.5 cm³/mol. The molecule has 110 valence electrons. The molecule has 1 saturated heterocycles. The van der Waals surface area contributed by atoms with Crippen LogP contribution in [0.25, 0.3) is 10.9 Å². The zero-order chi connectivity index (χ0) is 15.0. The van der Waals surface area contributed by atoms with E-state index in [-0.39, 0.29) is 24.9 Å². The number of nitrogens with zero attached hydrogens (tertiary/aromatic N) is 1. The number of hydrogen-bond acceptors (Lipinski definition) is 3. The lowest BCUT2D eigenvalue weighted by molar-refractivity contribution is -0.154. The summed E-state index contributed by atoms with van der Waals surface area (Å²) in [6.07, 6.45) is -1.01. The summed E-state index contributed by atoms with van der Waals surface area (Å²) in [7, 11) is 0. The SMILES string of the molecule is O=C(O)C1CN(C(=O)c2cc3cc(F)ccc3[nH]2)CCO1.